The highest BCUT2D eigenvalue weighted by atomic mass is 19.4. The quantitative estimate of drug-likeness (QED) is 0.908. The van der Waals surface area contributed by atoms with Crippen LogP contribution in [0.3, 0.4) is 0 Å². The molecule has 0 aliphatic carbocycles. The molecule has 136 valence electrons. The van der Waals surface area contributed by atoms with Crippen molar-refractivity contribution in [3.8, 4) is 0 Å². The predicted octanol–water partition coefficient (Wildman–Crippen LogP) is 3.17. The highest BCUT2D eigenvalue weighted by Gasteiger charge is 2.32. The number of hydrogen-bond donors (Lipinski definition) is 1. The minimum Gasteiger partial charge on any atom is -0.351 e. The maximum absolute atomic E-state index is 12.7. The Balaban J connectivity index is 1.60. The number of hydrogen-bond acceptors (Lipinski definition) is 2. The van der Waals surface area contributed by atoms with Gasteiger partial charge < -0.3 is 10.2 Å². The van der Waals surface area contributed by atoms with E-state index in [9.17, 15) is 22.8 Å². The first-order valence-corrected chi connectivity index (χ1v) is 8.14. The van der Waals surface area contributed by atoms with Crippen molar-refractivity contribution >= 4 is 17.5 Å². The van der Waals surface area contributed by atoms with Crippen LogP contribution in [0, 0.1) is 0 Å². The third-order valence-electron chi connectivity index (χ3n) is 4.18. The average Bonchev–Trinajstić information content (AvgIpc) is 2.95. The molecule has 0 unspecified atom stereocenters. The first-order valence-electron chi connectivity index (χ1n) is 8.14. The van der Waals surface area contributed by atoms with Gasteiger partial charge in [-0.2, -0.15) is 13.2 Å². The highest BCUT2D eigenvalue weighted by Crippen LogP contribution is 2.29. The lowest BCUT2D eigenvalue weighted by Gasteiger charge is -2.17. The molecule has 1 fully saturated rings. The van der Waals surface area contributed by atoms with Crippen molar-refractivity contribution < 1.29 is 22.8 Å². The maximum Gasteiger partial charge on any atom is 0.416 e. The molecule has 0 radical (unpaired) electrons. The summed E-state index contributed by atoms with van der Waals surface area (Å²) in [5, 5.41) is 2.73. The van der Waals surface area contributed by atoms with Gasteiger partial charge in [0.1, 0.15) is 0 Å². The van der Waals surface area contributed by atoms with Crippen LogP contribution in [0.15, 0.2) is 54.6 Å². The predicted molar refractivity (Wildman–Crippen MR) is 90.5 cm³/mol. The van der Waals surface area contributed by atoms with Gasteiger partial charge in [-0.1, -0.05) is 36.4 Å². The van der Waals surface area contributed by atoms with Crippen LogP contribution in [0.1, 0.15) is 17.5 Å². The van der Waals surface area contributed by atoms with E-state index in [0.717, 1.165) is 17.8 Å². The minimum absolute atomic E-state index is 0.0967. The Morgan fingerprint density at radius 1 is 1.12 bits per heavy atom. The highest BCUT2D eigenvalue weighted by molar-refractivity contribution is 5.96. The van der Waals surface area contributed by atoms with E-state index in [1.54, 1.807) is 4.90 Å². The van der Waals surface area contributed by atoms with Crippen LogP contribution in [0.25, 0.3) is 0 Å². The summed E-state index contributed by atoms with van der Waals surface area (Å²) in [7, 11) is 0. The van der Waals surface area contributed by atoms with E-state index in [4.69, 9.17) is 0 Å². The molecule has 0 spiro atoms. The molecule has 1 N–H and O–H groups in total. The zero-order valence-corrected chi connectivity index (χ0v) is 13.8. The van der Waals surface area contributed by atoms with Crippen LogP contribution in [-0.4, -0.2) is 24.4 Å². The molecule has 26 heavy (non-hydrogen) atoms. The largest absolute Gasteiger partial charge is 0.416 e. The van der Waals surface area contributed by atoms with E-state index in [2.05, 4.69) is 5.32 Å². The number of nitrogens with zero attached hydrogens (tertiary/aromatic N) is 1. The molecular formula is C19H17F3N2O2. The molecular weight excluding hydrogens is 345 g/mol. The van der Waals surface area contributed by atoms with Crippen LogP contribution in [0.5, 0.6) is 0 Å². The molecule has 1 aliphatic heterocycles. The first kappa shape index (κ1) is 18.0. The fourth-order valence-electron chi connectivity index (χ4n) is 2.98. The number of halogens is 3. The fourth-order valence-corrected chi connectivity index (χ4v) is 2.98. The molecule has 1 aliphatic rings. The Bertz CT molecular complexity index is 806. The van der Waals surface area contributed by atoms with Gasteiger partial charge in [-0.3, -0.25) is 9.59 Å². The smallest absolute Gasteiger partial charge is 0.351 e. The SMILES string of the molecule is O=C(Cc1cccc(C(F)(F)F)c1)N[C@H]1CC(=O)N(c2ccccc2)C1. The van der Waals surface area contributed by atoms with E-state index >= 15 is 0 Å². The second-order valence-corrected chi connectivity index (χ2v) is 6.18. The fraction of sp³-hybridized carbons (Fsp3) is 0.263. The van der Waals surface area contributed by atoms with Crippen molar-refractivity contribution in [2.45, 2.75) is 25.1 Å². The molecule has 2 aromatic rings. The van der Waals surface area contributed by atoms with Crippen LogP contribution in [0.2, 0.25) is 0 Å². The van der Waals surface area contributed by atoms with Crippen molar-refractivity contribution in [1.82, 2.24) is 5.32 Å². The van der Waals surface area contributed by atoms with Crippen LogP contribution in [-0.2, 0) is 22.2 Å². The molecule has 2 aromatic carbocycles. The lowest BCUT2D eigenvalue weighted by molar-refractivity contribution is -0.137. The van der Waals surface area contributed by atoms with Gasteiger partial charge in [-0.05, 0) is 23.8 Å². The summed E-state index contributed by atoms with van der Waals surface area (Å²) in [6, 6.07) is 13.4. The van der Waals surface area contributed by atoms with Crippen molar-refractivity contribution in [1.29, 1.82) is 0 Å². The zero-order valence-electron chi connectivity index (χ0n) is 13.8. The van der Waals surface area contributed by atoms with Gasteiger partial charge in [-0.25, -0.2) is 0 Å². The third kappa shape index (κ3) is 4.22. The molecule has 4 nitrogen and oxygen atoms in total. The number of nitrogens with one attached hydrogen (secondary N) is 1. The van der Waals surface area contributed by atoms with Gasteiger partial charge >= 0.3 is 6.18 Å². The van der Waals surface area contributed by atoms with E-state index in [1.807, 2.05) is 30.3 Å². The monoisotopic (exact) mass is 362 g/mol. The Morgan fingerprint density at radius 3 is 2.54 bits per heavy atom. The van der Waals surface area contributed by atoms with Gasteiger partial charge in [0.2, 0.25) is 11.8 Å². The summed E-state index contributed by atoms with van der Waals surface area (Å²) in [5.41, 5.74) is 0.253. The van der Waals surface area contributed by atoms with Crippen LogP contribution >= 0.6 is 0 Å². The Labute approximate surface area is 148 Å². The molecule has 7 heteroatoms. The zero-order chi connectivity index (χ0) is 18.7. The molecule has 0 bridgehead atoms. The number of amides is 2. The maximum atomic E-state index is 12.7. The number of carbonyl (C=O) groups is 2. The van der Waals surface area contributed by atoms with Gasteiger partial charge in [0.15, 0.2) is 0 Å². The van der Waals surface area contributed by atoms with Crippen molar-refractivity contribution in [2.24, 2.45) is 0 Å². The molecule has 3 rings (SSSR count). The van der Waals surface area contributed by atoms with Gasteiger partial charge in [0.05, 0.1) is 18.0 Å². The van der Waals surface area contributed by atoms with Crippen molar-refractivity contribution in [2.75, 3.05) is 11.4 Å². The standard InChI is InChI=1S/C19H17F3N2O2/c20-19(21,22)14-6-4-5-13(9-14)10-17(25)23-15-11-18(26)24(12-15)16-7-2-1-3-8-16/h1-9,15H,10-12H2,(H,23,25)/t15-/m0/s1. The van der Waals surface area contributed by atoms with Gasteiger partial charge in [-0.15, -0.1) is 0 Å². The summed E-state index contributed by atoms with van der Waals surface area (Å²) in [6.45, 7) is 0.344. The summed E-state index contributed by atoms with van der Waals surface area (Å²) in [6.07, 6.45) is -4.44. The van der Waals surface area contributed by atoms with Crippen LogP contribution in [0.4, 0.5) is 18.9 Å². The minimum atomic E-state index is -4.44. The van der Waals surface area contributed by atoms with Crippen molar-refractivity contribution in [3.63, 3.8) is 0 Å². The molecule has 1 saturated heterocycles. The number of carbonyl (C=O) groups excluding carboxylic acids is 2. The lowest BCUT2D eigenvalue weighted by Crippen LogP contribution is -2.38. The molecule has 1 atom stereocenters. The molecule has 0 saturated carbocycles. The van der Waals surface area contributed by atoms with Gasteiger partial charge in [0, 0.05) is 18.7 Å². The third-order valence-corrected chi connectivity index (χ3v) is 4.18. The van der Waals surface area contributed by atoms with Crippen LogP contribution < -0.4 is 10.2 Å². The molecule has 0 aromatic heterocycles. The number of para-hydroxylation sites is 1. The molecule has 1 heterocycles. The number of alkyl halides is 3. The van der Waals surface area contributed by atoms with Crippen molar-refractivity contribution in [3.05, 3.63) is 65.7 Å². The molecule has 2 amide bonds. The van der Waals surface area contributed by atoms with E-state index in [1.165, 1.54) is 12.1 Å². The van der Waals surface area contributed by atoms with E-state index < -0.39 is 17.6 Å². The first-order chi connectivity index (χ1) is 12.3. The summed E-state index contributed by atoms with van der Waals surface area (Å²) >= 11 is 0. The number of anilines is 1. The topological polar surface area (TPSA) is 49.4 Å². The van der Waals surface area contributed by atoms with Gasteiger partial charge in [0.25, 0.3) is 0 Å². The summed E-state index contributed by atoms with van der Waals surface area (Å²) in [4.78, 5) is 25.9. The number of benzene rings is 2. The summed E-state index contributed by atoms with van der Waals surface area (Å²) < 4.78 is 38.2. The lowest BCUT2D eigenvalue weighted by atomic mass is 10.1. The Morgan fingerprint density at radius 2 is 1.85 bits per heavy atom. The second kappa shape index (κ2) is 7.19. The average molecular weight is 362 g/mol. The normalized spacial score (nSPS) is 17.4. The van der Waals surface area contributed by atoms with E-state index in [0.29, 0.717) is 6.54 Å². The summed E-state index contributed by atoms with van der Waals surface area (Å²) in [5.74, 6) is -0.502. The Hall–Kier alpha value is -2.83. The Kier molecular flexibility index (Phi) is 4.97. The number of rotatable bonds is 4. The van der Waals surface area contributed by atoms with E-state index in [-0.39, 0.29) is 30.4 Å². The second-order valence-electron chi connectivity index (χ2n) is 6.18.